The van der Waals surface area contributed by atoms with E-state index in [2.05, 4.69) is 10.6 Å². The number of nitrogens with one attached hydrogen (secondary N) is 2. The van der Waals surface area contributed by atoms with Crippen LogP contribution in [-0.2, 0) is 6.42 Å². The van der Waals surface area contributed by atoms with Gasteiger partial charge in [-0.15, -0.1) is 0 Å². The lowest BCUT2D eigenvalue weighted by Gasteiger charge is -2.11. The van der Waals surface area contributed by atoms with Crippen molar-refractivity contribution in [3.8, 4) is 5.75 Å². The normalized spacial score (nSPS) is 10.1. The average Bonchev–Trinajstić information content (AvgIpc) is 2.57. The molecule has 2 N–H and O–H groups in total. The Hall–Kier alpha value is -2.74. The van der Waals surface area contributed by atoms with E-state index in [9.17, 15) is 14.5 Å². The molecule has 0 unspecified atom stereocenters. The van der Waals surface area contributed by atoms with E-state index in [1.165, 1.54) is 0 Å². The Labute approximate surface area is 143 Å². The highest BCUT2D eigenvalue weighted by Gasteiger charge is 2.11. The molecule has 0 aliphatic carbocycles. The number of ether oxygens (including phenoxy) is 1. The fourth-order valence-corrected chi connectivity index (χ4v) is 2.21. The smallest absolute Gasteiger partial charge is 0.271 e. The lowest BCUT2D eigenvalue weighted by atomic mass is 10.1. The van der Waals surface area contributed by atoms with Crippen molar-refractivity contribution in [3.63, 3.8) is 0 Å². The van der Waals surface area contributed by atoms with Crippen LogP contribution >= 0.6 is 12.2 Å². The molecule has 0 aliphatic rings. The lowest BCUT2D eigenvalue weighted by molar-refractivity contribution is -0.384. The molecule has 0 amide bonds. The van der Waals surface area contributed by atoms with Crippen molar-refractivity contribution in [2.45, 2.75) is 6.42 Å². The Kier molecular flexibility index (Phi) is 6.02. The molecule has 0 aromatic heterocycles. The summed E-state index contributed by atoms with van der Waals surface area (Å²) in [5.41, 5.74) is 0.846. The Morgan fingerprint density at radius 1 is 1.29 bits per heavy atom. The molecule has 0 radical (unpaired) electrons. The summed E-state index contributed by atoms with van der Waals surface area (Å²) in [5, 5.41) is 16.5. The zero-order valence-electron chi connectivity index (χ0n) is 12.9. The quantitative estimate of drug-likeness (QED) is 0.474. The summed E-state index contributed by atoms with van der Waals surface area (Å²) in [4.78, 5) is 10.1. The Morgan fingerprint density at radius 3 is 2.62 bits per heavy atom. The minimum absolute atomic E-state index is 0.0360. The highest BCUT2D eigenvalue weighted by molar-refractivity contribution is 7.80. The van der Waals surface area contributed by atoms with Gasteiger partial charge >= 0.3 is 0 Å². The van der Waals surface area contributed by atoms with E-state index in [4.69, 9.17) is 17.0 Å². The van der Waals surface area contributed by atoms with Crippen molar-refractivity contribution in [3.05, 3.63) is 64.0 Å². The minimum atomic E-state index is -0.611. The average molecular weight is 349 g/mol. The van der Waals surface area contributed by atoms with Crippen LogP contribution in [0.2, 0.25) is 0 Å². The monoisotopic (exact) mass is 349 g/mol. The first-order valence-electron chi connectivity index (χ1n) is 7.11. The number of nitro benzene ring substituents is 1. The second-order valence-electron chi connectivity index (χ2n) is 4.90. The number of thiocarbonyl (C=S) groups is 1. The maximum absolute atomic E-state index is 13.7. The van der Waals surface area contributed by atoms with Crippen LogP contribution in [-0.4, -0.2) is 23.7 Å². The van der Waals surface area contributed by atoms with Crippen molar-refractivity contribution in [2.24, 2.45) is 0 Å². The molecule has 8 heteroatoms. The first kappa shape index (κ1) is 17.6. The fraction of sp³-hybridized carbons (Fsp3) is 0.188. The second-order valence-corrected chi connectivity index (χ2v) is 5.31. The molecule has 2 rings (SSSR count). The van der Waals surface area contributed by atoms with Crippen LogP contribution < -0.4 is 15.4 Å². The number of halogens is 1. The molecule has 126 valence electrons. The SMILES string of the molecule is COc1ccc(CCNC(=S)Nc2cc([N+](=O)[O-])ccc2F)cc1. The van der Waals surface area contributed by atoms with E-state index in [0.29, 0.717) is 13.0 Å². The zero-order chi connectivity index (χ0) is 17.5. The molecule has 2 aromatic carbocycles. The molecule has 24 heavy (non-hydrogen) atoms. The van der Waals surface area contributed by atoms with Crippen molar-refractivity contribution in [1.82, 2.24) is 5.32 Å². The molecule has 0 spiro atoms. The van der Waals surface area contributed by atoms with Gasteiger partial charge in [-0.05, 0) is 42.4 Å². The van der Waals surface area contributed by atoms with Crippen LogP contribution in [0.5, 0.6) is 5.75 Å². The Bertz CT molecular complexity index is 738. The lowest BCUT2D eigenvalue weighted by Crippen LogP contribution is -2.30. The molecule has 0 saturated carbocycles. The fourth-order valence-electron chi connectivity index (χ4n) is 2.00. The summed E-state index contributed by atoms with van der Waals surface area (Å²) >= 11 is 5.08. The third-order valence-electron chi connectivity index (χ3n) is 3.27. The number of anilines is 1. The Morgan fingerprint density at radius 2 is 2.00 bits per heavy atom. The summed E-state index contributed by atoms with van der Waals surface area (Å²) < 4.78 is 18.8. The van der Waals surface area contributed by atoms with Crippen LogP contribution in [0, 0.1) is 15.9 Å². The van der Waals surface area contributed by atoms with Gasteiger partial charge in [0.25, 0.3) is 5.69 Å². The highest BCUT2D eigenvalue weighted by atomic mass is 32.1. The molecule has 2 aromatic rings. The van der Waals surface area contributed by atoms with Crippen LogP contribution in [0.4, 0.5) is 15.8 Å². The number of hydrogen-bond donors (Lipinski definition) is 2. The van der Waals surface area contributed by atoms with Gasteiger partial charge in [0.2, 0.25) is 0 Å². The highest BCUT2D eigenvalue weighted by Crippen LogP contribution is 2.21. The van der Waals surface area contributed by atoms with Gasteiger partial charge < -0.3 is 15.4 Å². The maximum Gasteiger partial charge on any atom is 0.271 e. The molecule has 0 atom stereocenters. The third-order valence-corrected chi connectivity index (χ3v) is 3.51. The molecule has 0 fully saturated rings. The van der Waals surface area contributed by atoms with E-state index in [-0.39, 0.29) is 16.5 Å². The van der Waals surface area contributed by atoms with E-state index in [1.54, 1.807) is 7.11 Å². The maximum atomic E-state index is 13.7. The summed E-state index contributed by atoms with van der Waals surface area (Å²) in [6, 6.07) is 10.8. The number of methoxy groups -OCH3 is 1. The van der Waals surface area contributed by atoms with Crippen molar-refractivity contribution >= 4 is 28.7 Å². The molecule has 0 aliphatic heterocycles. The minimum Gasteiger partial charge on any atom is -0.497 e. The van der Waals surface area contributed by atoms with Gasteiger partial charge in [-0.1, -0.05) is 12.1 Å². The topological polar surface area (TPSA) is 76.4 Å². The van der Waals surface area contributed by atoms with Gasteiger partial charge in [-0.2, -0.15) is 0 Å². The van der Waals surface area contributed by atoms with E-state index < -0.39 is 10.7 Å². The molecule has 6 nitrogen and oxygen atoms in total. The first-order valence-corrected chi connectivity index (χ1v) is 7.52. The molecular formula is C16H16FN3O3S. The van der Waals surface area contributed by atoms with Crippen molar-refractivity contribution in [2.75, 3.05) is 19.0 Å². The van der Waals surface area contributed by atoms with Gasteiger partial charge in [-0.25, -0.2) is 4.39 Å². The van der Waals surface area contributed by atoms with Gasteiger partial charge in [0.1, 0.15) is 11.6 Å². The van der Waals surface area contributed by atoms with E-state index in [0.717, 1.165) is 29.5 Å². The zero-order valence-corrected chi connectivity index (χ0v) is 13.7. The Balaban J connectivity index is 1.86. The standard InChI is InChI=1S/C16H16FN3O3S/c1-23-13-5-2-11(3-6-13)8-9-18-16(24)19-15-10-12(20(21)22)4-7-14(15)17/h2-7,10H,8-9H2,1H3,(H2,18,19,24). The van der Waals surface area contributed by atoms with E-state index >= 15 is 0 Å². The second kappa shape index (κ2) is 8.21. The molecule has 0 heterocycles. The largest absolute Gasteiger partial charge is 0.497 e. The predicted octanol–water partition coefficient (Wildman–Crippen LogP) is 3.27. The van der Waals surface area contributed by atoms with Gasteiger partial charge in [0, 0.05) is 18.7 Å². The van der Waals surface area contributed by atoms with Gasteiger partial charge in [0.05, 0.1) is 17.7 Å². The first-order chi connectivity index (χ1) is 11.5. The van der Waals surface area contributed by atoms with E-state index in [1.807, 2.05) is 24.3 Å². The summed E-state index contributed by atoms with van der Waals surface area (Å²) in [6.07, 6.45) is 0.712. The summed E-state index contributed by atoms with van der Waals surface area (Å²) in [7, 11) is 1.60. The molecular weight excluding hydrogens is 333 g/mol. The molecule has 0 bridgehead atoms. The number of non-ortho nitro benzene ring substituents is 1. The number of hydrogen-bond acceptors (Lipinski definition) is 4. The number of benzene rings is 2. The van der Waals surface area contributed by atoms with Gasteiger partial charge in [-0.3, -0.25) is 10.1 Å². The number of rotatable bonds is 6. The molecule has 0 saturated heterocycles. The number of nitro groups is 1. The predicted molar refractivity (Wildman–Crippen MR) is 94.0 cm³/mol. The van der Waals surface area contributed by atoms with Crippen LogP contribution in [0.1, 0.15) is 5.56 Å². The van der Waals surface area contributed by atoms with Crippen LogP contribution in [0.25, 0.3) is 0 Å². The van der Waals surface area contributed by atoms with Gasteiger partial charge in [0.15, 0.2) is 5.11 Å². The van der Waals surface area contributed by atoms with Crippen molar-refractivity contribution < 1.29 is 14.1 Å². The number of nitrogens with zero attached hydrogens (tertiary/aromatic N) is 1. The van der Waals surface area contributed by atoms with Crippen LogP contribution in [0.3, 0.4) is 0 Å². The van der Waals surface area contributed by atoms with Crippen LogP contribution in [0.15, 0.2) is 42.5 Å². The van der Waals surface area contributed by atoms with Crippen molar-refractivity contribution in [1.29, 1.82) is 0 Å². The summed E-state index contributed by atoms with van der Waals surface area (Å²) in [6.45, 7) is 0.536. The summed E-state index contributed by atoms with van der Waals surface area (Å²) in [5.74, 6) is 0.171. The third kappa shape index (κ3) is 4.88.